The highest BCUT2D eigenvalue weighted by Crippen LogP contribution is 2.26. The van der Waals surface area contributed by atoms with Gasteiger partial charge in [0.1, 0.15) is 11.6 Å². The zero-order chi connectivity index (χ0) is 11.8. The van der Waals surface area contributed by atoms with Gasteiger partial charge in [-0.15, -0.1) is 0 Å². The van der Waals surface area contributed by atoms with Crippen molar-refractivity contribution in [1.82, 2.24) is 9.55 Å². The first-order valence-corrected chi connectivity index (χ1v) is 5.53. The SMILES string of the molecule is CC(C)c1nc(CC(C)(C)C)c(N)n1C. The van der Waals surface area contributed by atoms with Crippen molar-refractivity contribution in [1.29, 1.82) is 0 Å². The Hall–Kier alpha value is -0.990. The van der Waals surface area contributed by atoms with Crippen molar-refractivity contribution in [2.45, 2.75) is 47.0 Å². The molecule has 0 aliphatic rings. The molecule has 0 fully saturated rings. The fourth-order valence-electron chi connectivity index (χ4n) is 1.74. The summed E-state index contributed by atoms with van der Waals surface area (Å²) in [6.07, 6.45) is 0.930. The first kappa shape index (κ1) is 12.1. The van der Waals surface area contributed by atoms with E-state index in [1.54, 1.807) is 0 Å². The molecule has 0 radical (unpaired) electrons. The lowest BCUT2D eigenvalue weighted by molar-refractivity contribution is 0.407. The number of aromatic nitrogens is 2. The quantitative estimate of drug-likeness (QED) is 0.814. The molecule has 2 N–H and O–H groups in total. The average Bonchev–Trinajstić information content (AvgIpc) is 2.30. The Morgan fingerprint density at radius 1 is 1.33 bits per heavy atom. The van der Waals surface area contributed by atoms with Gasteiger partial charge in [-0.25, -0.2) is 4.98 Å². The van der Waals surface area contributed by atoms with Crippen molar-refractivity contribution < 1.29 is 0 Å². The van der Waals surface area contributed by atoms with Crippen molar-refractivity contribution in [2.24, 2.45) is 12.5 Å². The minimum Gasteiger partial charge on any atom is -0.384 e. The molecule has 0 saturated carbocycles. The molecule has 0 atom stereocenters. The van der Waals surface area contributed by atoms with Gasteiger partial charge in [0.05, 0.1) is 5.69 Å². The third-order valence-corrected chi connectivity index (χ3v) is 2.46. The number of nitrogens with zero attached hydrogens (tertiary/aromatic N) is 2. The molecule has 1 aromatic heterocycles. The summed E-state index contributed by atoms with van der Waals surface area (Å²) in [5.41, 5.74) is 7.32. The minimum atomic E-state index is 0.233. The first-order valence-electron chi connectivity index (χ1n) is 5.53. The smallest absolute Gasteiger partial charge is 0.126 e. The fraction of sp³-hybridized carbons (Fsp3) is 0.750. The number of rotatable bonds is 2. The third-order valence-electron chi connectivity index (χ3n) is 2.46. The van der Waals surface area contributed by atoms with E-state index in [2.05, 4.69) is 39.6 Å². The lowest BCUT2D eigenvalue weighted by Crippen LogP contribution is -2.11. The number of hydrogen-bond acceptors (Lipinski definition) is 2. The highest BCUT2D eigenvalue weighted by atomic mass is 15.1. The van der Waals surface area contributed by atoms with Crippen molar-refractivity contribution in [2.75, 3.05) is 5.73 Å². The Morgan fingerprint density at radius 3 is 2.20 bits per heavy atom. The summed E-state index contributed by atoms with van der Waals surface area (Å²) in [5, 5.41) is 0. The van der Waals surface area contributed by atoms with Crippen LogP contribution in [0.3, 0.4) is 0 Å². The number of hydrogen-bond donors (Lipinski definition) is 1. The first-order chi connectivity index (χ1) is 6.72. The highest BCUT2D eigenvalue weighted by Gasteiger charge is 2.19. The molecular formula is C12H23N3. The molecule has 3 nitrogen and oxygen atoms in total. The standard InChI is InChI=1S/C12H23N3/c1-8(2)11-14-9(7-12(3,4)5)10(13)15(11)6/h8H,7,13H2,1-6H3. The molecule has 1 rings (SSSR count). The van der Waals surface area contributed by atoms with Crippen molar-refractivity contribution in [3.63, 3.8) is 0 Å². The van der Waals surface area contributed by atoms with Gasteiger partial charge in [-0.2, -0.15) is 0 Å². The van der Waals surface area contributed by atoms with Crippen LogP contribution in [0.25, 0.3) is 0 Å². The molecule has 0 aliphatic heterocycles. The van der Waals surface area contributed by atoms with Gasteiger partial charge < -0.3 is 10.3 Å². The van der Waals surface area contributed by atoms with Crippen LogP contribution < -0.4 is 5.73 Å². The van der Waals surface area contributed by atoms with Crippen LogP contribution in [0, 0.1) is 5.41 Å². The van der Waals surface area contributed by atoms with Crippen molar-refractivity contribution in [3.05, 3.63) is 11.5 Å². The Labute approximate surface area is 92.7 Å². The predicted molar refractivity (Wildman–Crippen MR) is 64.9 cm³/mol. The maximum Gasteiger partial charge on any atom is 0.126 e. The van der Waals surface area contributed by atoms with E-state index in [9.17, 15) is 0 Å². The van der Waals surface area contributed by atoms with Crippen molar-refractivity contribution >= 4 is 5.82 Å². The van der Waals surface area contributed by atoms with Gasteiger partial charge in [-0.1, -0.05) is 34.6 Å². The van der Waals surface area contributed by atoms with E-state index in [1.807, 2.05) is 11.6 Å². The molecule has 0 bridgehead atoms. The van der Waals surface area contributed by atoms with Gasteiger partial charge in [-0.05, 0) is 11.8 Å². The second-order valence-electron chi connectivity index (χ2n) is 5.75. The van der Waals surface area contributed by atoms with Gasteiger partial charge in [0, 0.05) is 13.0 Å². The van der Waals surface area contributed by atoms with Crippen LogP contribution in [0.2, 0.25) is 0 Å². The molecule has 15 heavy (non-hydrogen) atoms. The molecule has 1 aromatic rings. The van der Waals surface area contributed by atoms with Gasteiger partial charge in [-0.3, -0.25) is 0 Å². The second kappa shape index (κ2) is 3.87. The van der Waals surface area contributed by atoms with Crippen LogP contribution in [0.5, 0.6) is 0 Å². The van der Waals surface area contributed by atoms with E-state index in [0.717, 1.165) is 23.8 Å². The summed E-state index contributed by atoms with van der Waals surface area (Å²) in [7, 11) is 1.99. The summed E-state index contributed by atoms with van der Waals surface area (Å²) in [6, 6.07) is 0. The molecule has 0 saturated heterocycles. The van der Waals surface area contributed by atoms with E-state index in [-0.39, 0.29) is 5.41 Å². The van der Waals surface area contributed by atoms with E-state index in [4.69, 9.17) is 5.73 Å². The monoisotopic (exact) mass is 209 g/mol. The minimum absolute atomic E-state index is 0.233. The maximum absolute atomic E-state index is 6.05. The summed E-state index contributed by atoms with van der Waals surface area (Å²) in [4.78, 5) is 4.63. The lowest BCUT2D eigenvalue weighted by Gasteiger charge is -2.16. The number of nitrogen functional groups attached to an aromatic ring is 1. The molecule has 0 aliphatic carbocycles. The average molecular weight is 209 g/mol. The summed E-state index contributed by atoms with van der Waals surface area (Å²) in [5.74, 6) is 2.31. The van der Waals surface area contributed by atoms with Crippen molar-refractivity contribution in [3.8, 4) is 0 Å². The van der Waals surface area contributed by atoms with Crippen LogP contribution in [-0.4, -0.2) is 9.55 Å². The Morgan fingerprint density at radius 2 is 1.87 bits per heavy atom. The molecule has 0 aromatic carbocycles. The second-order valence-corrected chi connectivity index (χ2v) is 5.75. The topological polar surface area (TPSA) is 43.8 Å². The largest absolute Gasteiger partial charge is 0.384 e. The Kier molecular flexibility index (Phi) is 3.12. The van der Waals surface area contributed by atoms with Gasteiger partial charge in [0.15, 0.2) is 0 Å². The molecule has 1 heterocycles. The molecular weight excluding hydrogens is 186 g/mol. The normalized spacial score (nSPS) is 12.5. The van der Waals surface area contributed by atoms with Crippen LogP contribution in [-0.2, 0) is 13.5 Å². The Balaban J connectivity index is 3.06. The van der Waals surface area contributed by atoms with Crippen LogP contribution in [0.4, 0.5) is 5.82 Å². The van der Waals surface area contributed by atoms with Crippen LogP contribution >= 0.6 is 0 Å². The fourth-order valence-corrected chi connectivity index (χ4v) is 1.74. The van der Waals surface area contributed by atoms with Gasteiger partial charge >= 0.3 is 0 Å². The number of anilines is 1. The lowest BCUT2D eigenvalue weighted by atomic mass is 9.90. The highest BCUT2D eigenvalue weighted by molar-refractivity contribution is 5.39. The predicted octanol–water partition coefficient (Wildman–Crippen LogP) is 2.71. The Bertz CT molecular complexity index is 342. The molecule has 0 amide bonds. The maximum atomic E-state index is 6.05. The van der Waals surface area contributed by atoms with E-state index in [1.165, 1.54) is 0 Å². The van der Waals surface area contributed by atoms with E-state index in [0.29, 0.717) is 5.92 Å². The summed E-state index contributed by atoms with van der Waals surface area (Å²) >= 11 is 0. The van der Waals surface area contributed by atoms with Gasteiger partial charge in [0.25, 0.3) is 0 Å². The summed E-state index contributed by atoms with van der Waals surface area (Å²) < 4.78 is 2.01. The van der Waals surface area contributed by atoms with E-state index < -0.39 is 0 Å². The number of imidazole rings is 1. The van der Waals surface area contributed by atoms with Crippen LogP contribution in [0.15, 0.2) is 0 Å². The molecule has 0 unspecified atom stereocenters. The molecule has 0 spiro atoms. The zero-order valence-electron chi connectivity index (χ0n) is 10.8. The van der Waals surface area contributed by atoms with E-state index >= 15 is 0 Å². The summed E-state index contributed by atoms with van der Waals surface area (Å²) in [6.45, 7) is 10.9. The molecule has 86 valence electrons. The number of nitrogens with two attached hydrogens (primary N) is 1. The zero-order valence-corrected chi connectivity index (χ0v) is 10.8. The third kappa shape index (κ3) is 2.74. The van der Waals surface area contributed by atoms with Crippen LogP contribution in [0.1, 0.15) is 52.1 Å². The molecule has 3 heteroatoms. The van der Waals surface area contributed by atoms with Gasteiger partial charge in [0.2, 0.25) is 0 Å².